The van der Waals surface area contributed by atoms with Crippen LogP contribution in [-0.4, -0.2) is 28.6 Å². The molecule has 3 nitrogen and oxygen atoms in total. The zero-order chi connectivity index (χ0) is 13.1. The van der Waals surface area contributed by atoms with Crippen molar-refractivity contribution in [3.8, 4) is 0 Å². The second-order valence-electron chi connectivity index (χ2n) is 4.49. The van der Waals surface area contributed by atoms with Gasteiger partial charge in [-0.3, -0.25) is 9.69 Å². The smallest absolute Gasteiger partial charge is 0.320 e. The van der Waals surface area contributed by atoms with Crippen molar-refractivity contribution in [2.24, 2.45) is 0 Å². The Morgan fingerprint density at radius 3 is 2.94 bits per heavy atom. The van der Waals surface area contributed by atoms with E-state index < -0.39 is 12.0 Å². The van der Waals surface area contributed by atoms with E-state index in [1.165, 1.54) is 12.1 Å². The van der Waals surface area contributed by atoms with E-state index in [0.29, 0.717) is 13.0 Å². The molecule has 1 aliphatic rings. The summed E-state index contributed by atoms with van der Waals surface area (Å²) in [7, 11) is 0. The molecule has 96 valence electrons. The van der Waals surface area contributed by atoms with Crippen molar-refractivity contribution in [3.63, 3.8) is 0 Å². The first kappa shape index (κ1) is 12.8. The highest BCUT2D eigenvalue weighted by Crippen LogP contribution is 2.36. The maximum atomic E-state index is 13.2. The maximum absolute atomic E-state index is 13.2. The van der Waals surface area contributed by atoms with E-state index in [1.807, 2.05) is 11.0 Å². The van der Waals surface area contributed by atoms with Crippen molar-refractivity contribution in [2.75, 3.05) is 6.54 Å². The molecule has 2 rings (SSSR count). The first-order valence-corrected chi connectivity index (χ1v) is 5.98. The summed E-state index contributed by atoms with van der Waals surface area (Å²) >= 11 is 0. The number of hydrogen-bond donors (Lipinski definition) is 1. The SMILES string of the molecule is C=CCN1[C@@H](C(=O)O)CC[C@H]1c1cccc(F)c1. The fourth-order valence-electron chi connectivity index (χ4n) is 2.61. The molecule has 1 saturated heterocycles. The number of carboxylic acid groups (broad SMARTS) is 1. The average molecular weight is 249 g/mol. The zero-order valence-electron chi connectivity index (χ0n) is 10.1. The number of aliphatic carboxylic acids is 1. The number of hydrogen-bond acceptors (Lipinski definition) is 2. The lowest BCUT2D eigenvalue weighted by Crippen LogP contribution is -2.37. The van der Waals surface area contributed by atoms with E-state index in [4.69, 9.17) is 0 Å². The Kier molecular flexibility index (Phi) is 3.77. The summed E-state index contributed by atoms with van der Waals surface area (Å²) in [5.74, 6) is -1.11. The summed E-state index contributed by atoms with van der Waals surface area (Å²) in [4.78, 5) is 13.0. The summed E-state index contributed by atoms with van der Waals surface area (Å²) in [6, 6.07) is 5.82. The van der Waals surface area contributed by atoms with Crippen molar-refractivity contribution in [1.29, 1.82) is 0 Å². The fraction of sp³-hybridized carbons (Fsp3) is 0.357. The zero-order valence-corrected chi connectivity index (χ0v) is 10.1. The van der Waals surface area contributed by atoms with Crippen LogP contribution >= 0.6 is 0 Å². The van der Waals surface area contributed by atoms with Gasteiger partial charge < -0.3 is 5.11 Å². The molecule has 2 atom stereocenters. The van der Waals surface area contributed by atoms with Gasteiger partial charge in [-0.2, -0.15) is 0 Å². The molecule has 0 aromatic heterocycles. The molecule has 1 aromatic carbocycles. The van der Waals surface area contributed by atoms with E-state index in [-0.39, 0.29) is 11.9 Å². The van der Waals surface area contributed by atoms with Crippen LogP contribution in [0.5, 0.6) is 0 Å². The molecule has 1 aromatic rings. The number of benzene rings is 1. The number of halogens is 1. The molecule has 0 spiro atoms. The minimum Gasteiger partial charge on any atom is -0.480 e. The Morgan fingerprint density at radius 2 is 2.33 bits per heavy atom. The van der Waals surface area contributed by atoms with E-state index in [0.717, 1.165) is 12.0 Å². The molecule has 0 aliphatic carbocycles. The van der Waals surface area contributed by atoms with Crippen LogP contribution in [0, 0.1) is 5.82 Å². The molecular formula is C14H16FNO2. The quantitative estimate of drug-likeness (QED) is 0.834. The largest absolute Gasteiger partial charge is 0.480 e. The van der Waals surface area contributed by atoms with Crippen LogP contribution in [-0.2, 0) is 4.79 Å². The number of likely N-dealkylation sites (tertiary alicyclic amines) is 1. The van der Waals surface area contributed by atoms with Gasteiger partial charge in [0, 0.05) is 12.6 Å². The lowest BCUT2D eigenvalue weighted by molar-refractivity contribution is -0.142. The molecule has 1 N–H and O–H groups in total. The van der Waals surface area contributed by atoms with Crippen molar-refractivity contribution in [2.45, 2.75) is 24.9 Å². The lowest BCUT2D eigenvalue weighted by atomic mass is 10.0. The van der Waals surface area contributed by atoms with Gasteiger partial charge in [0.2, 0.25) is 0 Å². The molecule has 0 bridgehead atoms. The first-order chi connectivity index (χ1) is 8.63. The third kappa shape index (κ3) is 2.43. The summed E-state index contributed by atoms with van der Waals surface area (Å²) in [6.45, 7) is 4.15. The molecule has 0 saturated carbocycles. The van der Waals surface area contributed by atoms with Crippen molar-refractivity contribution in [3.05, 3.63) is 48.3 Å². The summed E-state index contributed by atoms with van der Waals surface area (Å²) < 4.78 is 13.2. The van der Waals surface area contributed by atoms with E-state index in [9.17, 15) is 14.3 Å². The van der Waals surface area contributed by atoms with Gasteiger partial charge in [-0.05, 0) is 30.5 Å². The summed E-state index contributed by atoms with van der Waals surface area (Å²) in [5, 5.41) is 9.18. The molecule has 1 fully saturated rings. The normalized spacial score (nSPS) is 24.1. The molecule has 0 radical (unpaired) electrons. The van der Waals surface area contributed by atoms with Crippen LogP contribution in [0.4, 0.5) is 4.39 Å². The lowest BCUT2D eigenvalue weighted by Gasteiger charge is -2.27. The Bertz CT molecular complexity index is 461. The topological polar surface area (TPSA) is 40.5 Å². The van der Waals surface area contributed by atoms with Gasteiger partial charge in [-0.25, -0.2) is 4.39 Å². The molecule has 18 heavy (non-hydrogen) atoms. The second-order valence-corrected chi connectivity index (χ2v) is 4.49. The van der Waals surface area contributed by atoms with Gasteiger partial charge in [0.1, 0.15) is 11.9 Å². The van der Waals surface area contributed by atoms with Gasteiger partial charge in [-0.15, -0.1) is 6.58 Å². The van der Waals surface area contributed by atoms with Crippen molar-refractivity contribution in [1.82, 2.24) is 4.90 Å². The Balaban J connectivity index is 2.27. The van der Waals surface area contributed by atoms with Gasteiger partial charge in [-0.1, -0.05) is 18.2 Å². The number of nitrogens with zero attached hydrogens (tertiary/aromatic N) is 1. The third-order valence-corrected chi connectivity index (χ3v) is 3.37. The minimum absolute atomic E-state index is 0.0419. The van der Waals surface area contributed by atoms with Crippen LogP contribution in [0.3, 0.4) is 0 Å². The Hall–Kier alpha value is -1.68. The predicted octanol–water partition coefficient (Wildman–Crippen LogP) is 2.60. The average Bonchev–Trinajstić information content (AvgIpc) is 2.73. The Morgan fingerprint density at radius 1 is 1.56 bits per heavy atom. The van der Waals surface area contributed by atoms with E-state index in [1.54, 1.807) is 12.1 Å². The van der Waals surface area contributed by atoms with Gasteiger partial charge in [0.05, 0.1) is 0 Å². The third-order valence-electron chi connectivity index (χ3n) is 3.37. The maximum Gasteiger partial charge on any atom is 0.320 e. The van der Waals surface area contributed by atoms with Gasteiger partial charge in [0.25, 0.3) is 0 Å². The van der Waals surface area contributed by atoms with E-state index in [2.05, 4.69) is 6.58 Å². The number of carbonyl (C=O) groups is 1. The first-order valence-electron chi connectivity index (χ1n) is 5.98. The van der Waals surface area contributed by atoms with Crippen molar-refractivity contribution >= 4 is 5.97 Å². The molecule has 1 heterocycles. The highest BCUT2D eigenvalue weighted by Gasteiger charge is 2.37. The molecule has 4 heteroatoms. The molecule has 1 aliphatic heterocycles. The van der Waals surface area contributed by atoms with Gasteiger partial charge >= 0.3 is 5.97 Å². The van der Waals surface area contributed by atoms with Crippen LogP contribution in [0.25, 0.3) is 0 Å². The number of carboxylic acids is 1. The van der Waals surface area contributed by atoms with Crippen LogP contribution in [0.15, 0.2) is 36.9 Å². The highest BCUT2D eigenvalue weighted by molar-refractivity contribution is 5.74. The fourth-order valence-corrected chi connectivity index (χ4v) is 2.61. The standard InChI is InChI=1S/C14H16FNO2/c1-2-8-16-12(6-7-13(16)14(17)18)10-4-3-5-11(15)9-10/h2-5,9,12-13H,1,6-8H2,(H,17,18)/t12-,13+/m0/s1. The highest BCUT2D eigenvalue weighted by atomic mass is 19.1. The monoisotopic (exact) mass is 249 g/mol. The van der Waals surface area contributed by atoms with Crippen LogP contribution < -0.4 is 0 Å². The molecular weight excluding hydrogens is 233 g/mol. The van der Waals surface area contributed by atoms with E-state index >= 15 is 0 Å². The van der Waals surface area contributed by atoms with Crippen LogP contribution in [0.1, 0.15) is 24.4 Å². The van der Waals surface area contributed by atoms with Crippen LogP contribution in [0.2, 0.25) is 0 Å². The summed E-state index contributed by atoms with van der Waals surface area (Å²) in [5.41, 5.74) is 0.834. The predicted molar refractivity (Wildman–Crippen MR) is 66.7 cm³/mol. The second kappa shape index (κ2) is 5.31. The molecule has 0 unspecified atom stereocenters. The van der Waals surface area contributed by atoms with Crippen molar-refractivity contribution < 1.29 is 14.3 Å². The summed E-state index contributed by atoms with van der Waals surface area (Å²) in [6.07, 6.45) is 3.01. The molecule has 0 amide bonds. The minimum atomic E-state index is -0.823. The Labute approximate surface area is 106 Å². The van der Waals surface area contributed by atoms with Gasteiger partial charge in [0.15, 0.2) is 0 Å². The number of rotatable bonds is 4.